The molecule has 0 spiro atoms. The van der Waals surface area contributed by atoms with Gasteiger partial charge in [0, 0.05) is 24.8 Å². The van der Waals surface area contributed by atoms with Gasteiger partial charge in [0.1, 0.15) is 0 Å². The lowest BCUT2D eigenvalue weighted by molar-refractivity contribution is 0.0195. The molecule has 5 unspecified atom stereocenters. The maximum atomic E-state index is 10.6. The smallest absolute Gasteiger partial charge is 0.234 e. The Morgan fingerprint density at radius 2 is 2.07 bits per heavy atom. The third-order valence-corrected chi connectivity index (χ3v) is 3.73. The van der Waals surface area contributed by atoms with Crippen LogP contribution in [-0.2, 0) is 11.3 Å². The van der Waals surface area contributed by atoms with Gasteiger partial charge in [-0.15, -0.1) is 0 Å². The summed E-state index contributed by atoms with van der Waals surface area (Å²) in [7, 11) is 1.49. The molecule has 0 amide bonds. The molecule has 3 N–H and O–H groups in total. The molecule has 1 saturated carbocycles. The molecule has 0 bridgehead atoms. The highest BCUT2D eigenvalue weighted by atomic mass is 32.2. The summed E-state index contributed by atoms with van der Waals surface area (Å²) in [6.45, 7) is 0.276. The second-order valence-corrected chi connectivity index (χ2v) is 5.33. The minimum Gasteiger partial charge on any atom is -0.390 e. The van der Waals surface area contributed by atoms with E-state index in [1.54, 1.807) is 0 Å². The summed E-state index contributed by atoms with van der Waals surface area (Å²) in [4.78, 5) is 0. The monoisotopic (exact) mass is 241 g/mol. The number of thiol groups is 1. The summed E-state index contributed by atoms with van der Waals surface area (Å²) in [5, 5.41) is 18.7. The molecule has 7 heteroatoms. The molecular weight excluding hydrogens is 226 g/mol. The Kier molecular flexibility index (Phi) is 4.35. The van der Waals surface area contributed by atoms with Gasteiger partial charge in [0.2, 0.25) is 11.3 Å². The van der Waals surface area contributed by atoms with Crippen molar-refractivity contribution < 1.29 is 19.0 Å². The largest absolute Gasteiger partial charge is 0.390 e. The molecule has 0 aliphatic heterocycles. The fourth-order valence-corrected chi connectivity index (χ4v) is 2.44. The average Bonchev–Trinajstić information content (AvgIpc) is 2.33. The maximum absolute atomic E-state index is 10.6. The fraction of sp³-hybridized carbons (Fsp3) is 1.00. The Hall–Kier alpha value is 0.340. The molecule has 5 atom stereocenters. The first-order valence-electron chi connectivity index (χ1n) is 4.29. The Morgan fingerprint density at radius 3 is 2.43 bits per heavy atom. The van der Waals surface area contributed by atoms with Crippen LogP contribution in [0.1, 0.15) is 6.42 Å². The third-order valence-electron chi connectivity index (χ3n) is 2.53. The molecule has 0 radical (unpaired) electrons. The zero-order valence-electron chi connectivity index (χ0n) is 7.78. The van der Waals surface area contributed by atoms with Gasteiger partial charge in [-0.1, -0.05) is 0 Å². The molecule has 1 fully saturated rings. The summed E-state index contributed by atoms with van der Waals surface area (Å²) in [6, 6.07) is 0. The average molecular weight is 241 g/mol. The number of aliphatic hydroxyl groups is 2. The molecule has 0 aromatic heterocycles. The lowest BCUT2D eigenvalue weighted by Gasteiger charge is -2.20. The molecule has 0 heterocycles. The maximum Gasteiger partial charge on any atom is 0.234 e. The summed E-state index contributed by atoms with van der Waals surface area (Å²) >= 11 is 2.09. The topological polar surface area (TPSA) is 81.0 Å². The number of nitrogens with zero attached hydrogens (tertiary/aromatic N) is 1. The van der Waals surface area contributed by atoms with Crippen molar-refractivity contribution in [2.45, 2.75) is 23.9 Å². The van der Waals surface area contributed by atoms with E-state index in [0.29, 0.717) is 6.42 Å². The summed E-state index contributed by atoms with van der Waals surface area (Å²) in [5.74, 6) is -0.200. The standard InChI is InChI=1S/C7H15NO4S2/c1-8(14(11)12)3-4-2-5(13)7(10)6(4)9/h4-7,9-10,13H,2-3H2,1H3,(H,11,12). The molecule has 0 saturated heterocycles. The number of rotatable bonds is 3. The normalized spacial score (nSPS) is 40.4. The van der Waals surface area contributed by atoms with Gasteiger partial charge < -0.3 is 10.2 Å². The van der Waals surface area contributed by atoms with Gasteiger partial charge in [-0.3, -0.25) is 4.55 Å². The van der Waals surface area contributed by atoms with Gasteiger partial charge in [-0.05, 0) is 6.42 Å². The van der Waals surface area contributed by atoms with Crippen molar-refractivity contribution in [2.75, 3.05) is 13.6 Å². The van der Waals surface area contributed by atoms with E-state index < -0.39 is 23.5 Å². The highest BCUT2D eigenvalue weighted by Crippen LogP contribution is 2.30. The van der Waals surface area contributed by atoms with Crippen molar-refractivity contribution >= 4 is 23.9 Å². The minimum atomic E-state index is -2.03. The van der Waals surface area contributed by atoms with Crippen LogP contribution in [0, 0.1) is 5.92 Å². The van der Waals surface area contributed by atoms with Crippen molar-refractivity contribution in [2.24, 2.45) is 5.92 Å². The molecule has 0 aromatic rings. The van der Waals surface area contributed by atoms with Crippen LogP contribution in [-0.4, -0.2) is 54.3 Å². The zero-order valence-corrected chi connectivity index (χ0v) is 9.49. The number of aliphatic hydroxyl groups excluding tert-OH is 2. The highest BCUT2D eigenvalue weighted by Gasteiger charge is 2.40. The van der Waals surface area contributed by atoms with Gasteiger partial charge in [0.25, 0.3) is 0 Å². The van der Waals surface area contributed by atoms with Crippen LogP contribution in [0.3, 0.4) is 0 Å². The molecule has 14 heavy (non-hydrogen) atoms. The van der Waals surface area contributed by atoms with E-state index in [1.807, 2.05) is 0 Å². The first kappa shape index (κ1) is 12.4. The van der Waals surface area contributed by atoms with Crippen LogP contribution >= 0.6 is 12.6 Å². The van der Waals surface area contributed by atoms with Crippen molar-refractivity contribution in [3.63, 3.8) is 0 Å². The minimum absolute atomic E-state index is 0.200. The molecule has 1 aliphatic carbocycles. The summed E-state index contributed by atoms with van der Waals surface area (Å²) in [6.07, 6.45) is -1.15. The van der Waals surface area contributed by atoms with E-state index in [9.17, 15) is 14.4 Å². The number of hydrogen-bond acceptors (Lipinski definition) is 4. The van der Waals surface area contributed by atoms with Crippen LogP contribution < -0.4 is 0 Å². The first-order chi connectivity index (χ1) is 6.43. The first-order valence-corrected chi connectivity index (χ1v) is 5.87. The van der Waals surface area contributed by atoms with Crippen molar-refractivity contribution in [1.29, 1.82) is 0 Å². The van der Waals surface area contributed by atoms with Gasteiger partial charge in [0.15, 0.2) is 0 Å². The van der Waals surface area contributed by atoms with Crippen molar-refractivity contribution in [3.05, 3.63) is 0 Å². The van der Waals surface area contributed by atoms with E-state index >= 15 is 0 Å². The quantitative estimate of drug-likeness (QED) is 0.381. The predicted molar refractivity (Wildman–Crippen MR) is 56.3 cm³/mol. The SMILES string of the molecule is CN(CC1CC(S)C(O)C1O)S(=O)O. The Bertz CT molecular complexity index is 228. The molecule has 1 rings (SSSR count). The lowest BCUT2D eigenvalue weighted by Crippen LogP contribution is -2.35. The zero-order chi connectivity index (χ0) is 10.9. The second kappa shape index (κ2) is 4.91. The van der Waals surface area contributed by atoms with E-state index in [-0.39, 0.29) is 17.7 Å². The predicted octanol–water partition coefficient (Wildman–Crippen LogP) is -0.905. The van der Waals surface area contributed by atoms with E-state index in [0.717, 1.165) is 0 Å². The van der Waals surface area contributed by atoms with E-state index in [4.69, 9.17) is 4.55 Å². The van der Waals surface area contributed by atoms with Gasteiger partial charge in [-0.25, -0.2) is 8.51 Å². The summed E-state index contributed by atoms with van der Waals surface area (Å²) in [5.41, 5.74) is 0. The molecular formula is C7H15NO4S2. The van der Waals surface area contributed by atoms with Gasteiger partial charge >= 0.3 is 0 Å². The lowest BCUT2D eigenvalue weighted by atomic mass is 10.1. The Labute approximate surface area is 90.9 Å². The van der Waals surface area contributed by atoms with E-state index in [2.05, 4.69) is 12.6 Å². The fourth-order valence-electron chi connectivity index (χ4n) is 1.67. The summed E-state index contributed by atoms with van der Waals surface area (Å²) < 4.78 is 20.6. The van der Waals surface area contributed by atoms with Crippen LogP contribution in [0.25, 0.3) is 0 Å². The Morgan fingerprint density at radius 1 is 1.50 bits per heavy atom. The van der Waals surface area contributed by atoms with Crippen molar-refractivity contribution in [1.82, 2.24) is 4.31 Å². The number of hydrogen-bond donors (Lipinski definition) is 4. The van der Waals surface area contributed by atoms with Gasteiger partial charge in [-0.2, -0.15) is 12.6 Å². The van der Waals surface area contributed by atoms with E-state index in [1.165, 1.54) is 11.4 Å². The van der Waals surface area contributed by atoms with Crippen LogP contribution in [0.4, 0.5) is 0 Å². The van der Waals surface area contributed by atoms with Crippen LogP contribution in [0.2, 0.25) is 0 Å². The molecule has 84 valence electrons. The molecule has 0 aromatic carbocycles. The third kappa shape index (κ3) is 2.68. The molecule has 5 nitrogen and oxygen atoms in total. The van der Waals surface area contributed by atoms with Crippen molar-refractivity contribution in [3.8, 4) is 0 Å². The van der Waals surface area contributed by atoms with Crippen LogP contribution in [0.15, 0.2) is 0 Å². The highest BCUT2D eigenvalue weighted by molar-refractivity contribution is 7.81. The van der Waals surface area contributed by atoms with Crippen LogP contribution in [0.5, 0.6) is 0 Å². The van der Waals surface area contributed by atoms with Gasteiger partial charge in [0.05, 0.1) is 12.2 Å². The second-order valence-electron chi connectivity index (χ2n) is 3.59. The Balaban J connectivity index is 2.51. The molecule has 1 aliphatic rings.